The van der Waals surface area contributed by atoms with Crippen LogP contribution in [0, 0.1) is 12.8 Å². The highest BCUT2D eigenvalue weighted by Gasteiger charge is 2.50. The fraction of sp³-hybridized carbons (Fsp3) is 0.636. The van der Waals surface area contributed by atoms with Crippen LogP contribution in [0.15, 0.2) is 6.07 Å². The van der Waals surface area contributed by atoms with Crippen LogP contribution in [0.4, 0.5) is 0 Å². The summed E-state index contributed by atoms with van der Waals surface area (Å²) in [4.78, 5) is 11.4. The lowest BCUT2D eigenvalue weighted by molar-refractivity contribution is -0.144. The summed E-state index contributed by atoms with van der Waals surface area (Å²) >= 11 is 0. The molecule has 1 aromatic heterocycles. The van der Waals surface area contributed by atoms with Crippen molar-refractivity contribution >= 4 is 5.97 Å². The van der Waals surface area contributed by atoms with Gasteiger partial charge in [-0.2, -0.15) is 5.10 Å². The number of aromatic nitrogens is 2. The Morgan fingerprint density at radius 3 is 2.60 bits per heavy atom. The van der Waals surface area contributed by atoms with Crippen molar-refractivity contribution in [2.75, 3.05) is 0 Å². The van der Waals surface area contributed by atoms with Gasteiger partial charge in [-0.05, 0) is 38.7 Å². The summed E-state index contributed by atoms with van der Waals surface area (Å²) in [5, 5.41) is 13.6. The molecule has 1 aliphatic rings. The van der Waals surface area contributed by atoms with E-state index in [1.165, 1.54) is 0 Å². The fourth-order valence-electron chi connectivity index (χ4n) is 2.25. The van der Waals surface area contributed by atoms with Crippen LogP contribution in [-0.4, -0.2) is 20.9 Å². The third-order valence-electron chi connectivity index (χ3n) is 3.37. The van der Waals surface area contributed by atoms with Gasteiger partial charge in [0.1, 0.15) is 5.41 Å². The molecule has 0 bridgehead atoms. The lowest BCUT2D eigenvalue weighted by atomic mass is 9.81. The summed E-state index contributed by atoms with van der Waals surface area (Å²) in [6.07, 6.45) is 2.01. The Labute approximate surface area is 88.9 Å². The second-order valence-electron chi connectivity index (χ2n) is 4.58. The molecular formula is C11H16N2O2. The highest BCUT2D eigenvalue weighted by molar-refractivity contribution is 5.81. The van der Waals surface area contributed by atoms with Gasteiger partial charge in [0, 0.05) is 7.05 Å². The van der Waals surface area contributed by atoms with Gasteiger partial charge in [0.2, 0.25) is 0 Å². The van der Waals surface area contributed by atoms with Crippen molar-refractivity contribution in [1.29, 1.82) is 0 Å². The first kappa shape index (κ1) is 10.2. The molecule has 1 fully saturated rings. The molecule has 1 saturated carbocycles. The summed E-state index contributed by atoms with van der Waals surface area (Å²) in [6, 6.07) is 1.88. The number of nitrogens with zero attached hydrogens (tertiary/aromatic N) is 2. The molecule has 0 spiro atoms. The molecule has 1 N–H and O–H groups in total. The smallest absolute Gasteiger partial charge is 0.315 e. The van der Waals surface area contributed by atoms with E-state index in [9.17, 15) is 9.90 Å². The Morgan fingerprint density at radius 1 is 1.67 bits per heavy atom. The first-order chi connectivity index (χ1) is 6.96. The van der Waals surface area contributed by atoms with E-state index in [1.807, 2.05) is 27.0 Å². The van der Waals surface area contributed by atoms with Gasteiger partial charge < -0.3 is 5.11 Å². The van der Waals surface area contributed by atoms with Crippen molar-refractivity contribution in [1.82, 2.24) is 9.78 Å². The quantitative estimate of drug-likeness (QED) is 0.818. The number of rotatable bonds is 3. The number of aryl methyl sites for hydroxylation is 2. The third kappa shape index (κ3) is 1.44. The van der Waals surface area contributed by atoms with Gasteiger partial charge in [0.25, 0.3) is 0 Å². The molecular weight excluding hydrogens is 192 g/mol. The summed E-state index contributed by atoms with van der Waals surface area (Å²) in [7, 11) is 1.81. The predicted octanol–water partition coefficient (Wildman–Crippen LogP) is 1.48. The average molecular weight is 208 g/mol. The summed E-state index contributed by atoms with van der Waals surface area (Å²) < 4.78 is 1.70. The fourth-order valence-corrected chi connectivity index (χ4v) is 2.25. The molecule has 0 amide bonds. The van der Waals surface area contributed by atoms with Gasteiger partial charge >= 0.3 is 5.97 Å². The van der Waals surface area contributed by atoms with E-state index in [4.69, 9.17) is 0 Å². The summed E-state index contributed by atoms with van der Waals surface area (Å²) in [5.74, 6) is -0.474. The molecule has 1 heterocycles. The van der Waals surface area contributed by atoms with E-state index in [1.54, 1.807) is 4.68 Å². The van der Waals surface area contributed by atoms with Crippen LogP contribution in [0.25, 0.3) is 0 Å². The van der Waals surface area contributed by atoms with E-state index in [0.29, 0.717) is 0 Å². The Balaban J connectivity index is 2.49. The standard InChI is InChI=1S/C11H16N2O2/c1-7-6-9(13(3)12-7)11(2,10(14)15)8-4-5-8/h6,8H,4-5H2,1-3H3,(H,14,15). The van der Waals surface area contributed by atoms with Crippen molar-refractivity contribution in [2.45, 2.75) is 32.1 Å². The van der Waals surface area contributed by atoms with Gasteiger partial charge in [-0.1, -0.05) is 0 Å². The summed E-state index contributed by atoms with van der Waals surface area (Å²) in [5.41, 5.74) is 0.923. The molecule has 0 aromatic carbocycles. The normalized spacial score (nSPS) is 19.9. The maximum Gasteiger partial charge on any atom is 0.315 e. The predicted molar refractivity (Wildman–Crippen MR) is 55.7 cm³/mol. The van der Waals surface area contributed by atoms with Crippen LogP contribution in [-0.2, 0) is 17.3 Å². The molecule has 0 saturated heterocycles. The Kier molecular flexibility index (Phi) is 2.10. The maximum absolute atomic E-state index is 11.4. The highest BCUT2D eigenvalue weighted by atomic mass is 16.4. The van der Waals surface area contributed by atoms with Crippen LogP contribution in [0.3, 0.4) is 0 Å². The molecule has 0 radical (unpaired) electrons. The van der Waals surface area contributed by atoms with Crippen LogP contribution in [0.2, 0.25) is 0 Å². The van der Waals surface area contributed by atoms with Crippen LogP contribution < -0.4 is 0 Å². The van der Waals surface area contributed by atoms with E-state index in [-0.39, 0.29) is 5.92 Å². The van der Waals surface area contributed by atoms with Gasteiger partial charge in [0.05, 0.1) is 11.4 Å². The SMILES string of the molecule is Cc1cc(C(C)(C(=O)O)C2CC2)n(C)n1. The molecule has 1 atom stereocenters. The highest BCUT2D eigenvalue weighted by Crippen LogP contribution is 2.47. The van der Waals surface area contributed by atoms with E-state index < -0.39 is 11.4 Å². The minimum absolute atomic E-state index is 0.268. The second kappa shape index (κ2) is 3.08. The lowest BCUT2D eigenvalue weighted by Gasteiger charge is -2.24. The second-order valence-corrected chi connectivity index (χ2v) is 4.58. The zero-order chi connectivity index (χ0) is 11.2. The topological polar surface area (TPSA) is 55.1 Å². The number of hydrogen-bond acceptors (Lipinski definition) is 2. The number of carboxylic acids is 1. The van der Waals surface area contributed by atoms with Crippen LogP contribution >= 0.6 is 0 Å². The molecule has 82 valence electrons. The molecule has 15 heavy (non-hydrogen) atoms. The molecule has 1 unspecified atom stereocenters. The van der Waals surface area contributed by atoms with Crippen LogP contribution in [0.1, 0.15) is 31.2 Å². The molecule has 4 heteroatoms. The molecule has 1 aliphatic carbocycles. The van der Waals surface area contributed by atoms with E-state index in [2.05, 4.69) is 5.10 Å². The van der Waals surface area contributed by atoms with Crippen molar-refractivity contribution in [2.24, 2.45) is 13.0 Å². The van der Waals surface area contributed by atoms with Crippen molar-refractivity contribution in [3.63, 3.8) is 0 Å². The lowest BCUT2D eigenvalue weighted by Crippen LogP contribution is -2.36. The van der Waals surface area contributed by atoms with Gasteiger partial charge in [-0.15, -0.1) is 0 Å². The van der Waals surface area contributed by atoms with Gasteiger partial charge in [0.15, 0.2) is 0 Å². The zero-order valence-electron chi connectivity index (χ0n) is 9.32. The monoisotopic (exact) mass is 208 g/mol. The maximum atomic E-state index is 11.4. The molecule has 0 aliphatic heterocycles. The van der Waals surface area contributed by atoms with E-state index >= 15 is 0 Å². The average Bonchev–Trinajstić information content (AvgIpc) is 2.91. The number of carbonyl (C=O) groups is 1. The third-order valence-corrected chi connectivity index (χ3v) is 3.37. The largest absolute Gasteiger partial charge is 0.481 e. The minimum Gasteiger partial charge on any atom is -0.481 e. The van der Waals surface area contributed by atoms with Crippen molar-refractivity contribution in [3.8, 4) is 0 Å². The molecule has 1 aromatic rings. The first-order valence-corrected chi connectivity index (χ1v) is 5.20. The zero-order valence-corrected chi connectivity index (χ0v) is 9.32. The first-order valence-electron chi connectivity index (χ1n) is 5.20. The Bertz CT molecular complexity index is 407. The number of aliphatic carboxylic acids is 1. The minimum atomic E-state index is -0.768. The number of carboxylic acid groups (broad SMARTS) is 1. The molecule has 2 rings (SSSR count). The number of hydrogen-bond donors (Lipinski definition) is 1. The van der Waals surface area contributed by atoms with Crippen molar-refractivity contribution in [3.05, 3.63) is 17.5 Å². The van der Waals surface area contributed by atoms with Crippen molar-refractivity contribution < 1.29 is 9.90 Å². The summed E-state index contributed by atoms with van der Waals surface area (Å²) in [6.45, 7) is 3.70. The molecule has 4 nitrogen and oxygen atoms in total. The Morgan fingerprint density at radius 2 is 2.27 bits per heavy atom. The Hall–Kier alpha value is -1.32. The van der Waals surface area contributed by atoms with Gasteiger partial charge in [-0.3, -0.25) is 9.48 Å². The van der Waals surface area contributed by atoms with Crippen LogP contribution in [0.5, 0.6) is 0 Å². The van der Waals surface area contributed by atoms with E-state index in [0.717, 1.165) is 24.2 Å². The van der Waals surface area contributed by atoms with Gasteiger partial charge in [-0.25, -0.2) is 0 Å².